The molecule has 0 N–H and O–H groups in total. The molecule has 0 aromatic heterocycles. The second kappa shape index (κ2) is 5.34. The Hall–Kier alpha value is -1.12. The van der Waals surface area contributed by atoms with Gasteiger partial charge in [0.25, 0.3) is 0 Å². The topological polar surface area (TPSA) is 80.8 Å². The first-order chi connectivity index (χ1) is 9.26. The Bertz CT molecular complexity index is 696. The molecule has 0 saturated carbocycles. The van der Waals surface area contributed by atoms with Crippen LogP contribution in [0, 0.1) is 0 Å². The van der Waals surface area contributed by atoms with E-state index in [4.69, 9.17) is 4.74 Å². The predicted octanol–water partition coefficient (Wildman–Crippen LogP) is 0.503. The lowest BCUT2D eigenvalue weighted by molar-refractivity contribution is 0.392. The van der Waals surface area contributed by atoms with Gasteiger partial charge in [-0.15, -0.1) is 0 Å². The number of ether oxygens (including phenoxy) is 1. The minimum Gasteiger partial charge on any atom is -0.497 e. The summed E-state index contributed by atoms with van der Waals surface area (Å²) in [6, 6.07) is 5.63. The second-order valence-corrected chi connectivity index (χ2v) is 8.98. The molecule has 1 aromatic rings. The summed E-state index contributed by atoms with van der Waals surface area (Å²) < 4.78 is 54.0. The smallest absolute Gasteiger partial charge is 0.243 e. The molecule has 2 rings (SSSR count). The molecule has 0 bridgehead atoms. The number of methoxy groups -OCH3 is 1. The molecule has 1 saturated heterocycles. The zero-order valence-electron chi connectivity index (χ0n) is 11.3. The fourth-order valence-corrected chi connectivity index (χ4v) is 5.48. The van der Waals surface area contributed by atoms with E-state index in [1.54, 1.807) is 12.1 Å². The van der Waals surface area contributed by atoms with Gasteiger partial charge in [0.2, 0.25) is 10.0 Å². The maximum absolute atomic E-state index is 12.5. The van der Waals surface area contributed by atoms with Gasteiger partial charge in [0.05, 0.1) is 23.5 Å². The van der Waals surface area contributed by atoms with Crippen LogP contribution in [0.4, 0.5) is 0 Å². The van der Waals surface area contributed by atoms with Gasteiger partial charge in [-0.1, -0.05) is 6.07 Å². The number of sulfonamides is 1. The highest BCUT2D eigenvalue weighted by molar-refractivity contribution is 7.92. The van der Waals surface area contributed by atoms with Crippen LogP contribution in [-0.4, -0.2) is 52.8 Å². The second-order valence-electron chi connectivity index (χ2n) is 4.76. The van der Waals surface area contributed by atoms with Gasteiger partial charge >= 0.3 is 0 Å². The Morgan fingerprint density at radius 2 is 2.05 bits per heavy atom. The van der Waals surface area contributed by atoms with Crippen molar-refractivity contribution in [3.05, 3.63) is 24.3 Å². The average Bonchev–Trinajstić information content (AvgIpc) is 2.78. The molecule has 0 aliphatic carbocycles. The van der Waals surface area contributed by atoms with Crippen molar-refractivity contribution in [2.45, 2.75) is 17.4 Å². The molecule has 1 fully saturated rings. The molecule has 1 aliphatic rings. The molecule has 1 unspecified atom stereocenters. The molecular weight excluding hydrogens is 302 g/mol. The highest BCUT2D eigenvalue weighted by Gasteiger charge is 2.36. The average molecular weight is 319 g/mol. The maximum Gasteiger partial charge on any atom is 0.243 e. The molecule has 112 valence electrons. The zero-order chi connectivity index (χ0) is 15.0. The number of hydrogen-bond donors (Lipinski definition) is 0. The first-order valence-corrected chi connectivity index (χ1v) is 9.35. The molecule has 8 heteroatoms. The molecule has 0 spiro atoms. The summed E-state index contributed by atoms with van der Waals surface area (Å²) in [5, 5.41) is 0. The lowest BCUT2D eigenvalue weighted by atomic mass is 10.3. The Morgan fingerprint density at radius 3 is 2.60 bits per heavy atom. The molecule has 20 heavy (non-hydrogen) atoms. The van der Waals surface area contributed by atoms with Crippen LogP contribution in [0.2, 0.25) is 0 Å². The summed E-state index contributed by atoms with van der Waals surface area (Å²) in [6.45, 7) is 0. The fraction of sp³-hybridized carbons (Fsp3) is 0.500. The van der Waals surface area contributed by atoms with E-state index < -0.39 is 25.9 Å². The monoisotopic (exact) mass is 319 g/mol. The Labute approximate surface area is 119 Å². The van der Waals surface area contributed by atoms with Crippen molar-refractivity contribution in [2.75, 3.05) is 25.7 Å². The highest BCUT2D eigenvalue weighted by atomic mass is 32.2. The van der Waals surface area contributed by atoms with Crippen molar-refractivity contribution in [1.29, 1.82) is 0 Å². The van der Waals surface area contributed by atoms with Gasteiger partial charge in [0, 0.05) is 19.2 Å². The lowest BCUT2D eigenvalue weighted by Gasteiger charge is -2.22. The van der Waals surface area contributed by atoms with Crippen molar-refractivity contribution < 1.29 is 21.6 Å². The van der Waals surface area contributed by atoms with Crippen LogP contribution in [0.3, 0.4) is 0 Å². The first-order valence-electron chi connectivity index (χ1n) is 6.09. The minimum absolute atomic E-state index is 0.0373. The standard InChI is InChI=1S/C12H17NO5S2/c1-13(10-6-7-19(14,15)9-10)20(16,17)12-5-3-4-11(8-12)18-2/h3-5,8,10H,6-7,9H2,1-2H3. The molecule has 0 amide bonds. The largest absolute Gasteiger partial charge is 0.497 e. The fourth-order valence-electron chi connectivity index (χ4n) is 2.19. The summed E-state index contributed by atoms with van der Waals surface area (Å²) in [5.41, 5.74) is 0. The zero-order valence-corrected chi connectivity index (χ0v) is 12.9. The molecular formula is C12H17NO5S2. The maximum atomic E-state index is 12.5. The molecule has 1 heterocycles. The van der Waals surface area contributed by atoms with Crippen molar-refractivity contribution in [2.24, 2.45) is 0 Å². The van der Waals surface area contributed by atoms with Gasteiger partial charge < -0.3 is 4.74 Å². The van der Waals surface area contributed by atoms with Crippen molar-refractivity contribution in [3.63, 3.8) is 0 Å². The first kappa shape index (κ1) is 15.3. The van der Waals surface area contributed by atoms with Crippen molar-refractivity contribution in [3.8, 4) is 5.75 Å². The Balaban J connectivity index is 2.30. The van der Waals surface area contributed by atoms with E-state index in [2.05, 4.69) is 0 Å². The minimum atomic E-state index is -3.72. The van der Waals surface area contributed by atoms with Crippen molar-refractivity contribution >= 4 is 19.9 Å². The predicted molar refractivity (Wildman–Crippen MR) is 75.0 cm³/mol. The SMILES string of the molecule is COc1cccc(S(=O)(=O)N(C)C2CCS(=O)(=O)C2)c1. The van der Waals surface area contributed by atoms with Gasteiger partial charge in [-0.25, -0.2) is 16.8 Å². The van der Waals surface area contributed by atoms with E-state index in [0.717, 1.165) is 4.31 Å². The van der Waals surface area contributed by atoms with Gasteiger partial charge in [-0.2, -0.15) is 4.31 Å². The quantitative estimate of drug-likeness (QED) is 0.807. The number of nitrogens with zero attached hydrogens (tertiary/aromatic N) is 1. The third kappa shape index (κ3) is 2.97. The third-order valence-electron chi connectivity index (χ3n) is 3.44. The summed E-state index contributed by atoms with van der Waals surface area (Å²) in [6.07, 6.45) is 0.335. The van der Waals surface area contributed by atoms with E-state index in [9.17, 15) is 16.8 Å². The van der Waals surface area contributed by atoms with Crippen LogP contribution in [0.25, 0.3) is 0 Å². The van der Waals surface area contributed by atoms with Gasteiger partial charge in [-0.3, -0.25) is 0 Å². The van der Waals surface area contributed by atoms with Crippen LogP contribution in [0.1, 0.15) is 6.42 Å². The third-order valence-corrected chi connectivity index (χ3v) is 7.10. The van der Waals surface area contributed by atoms with Crippen LogP contribution < -0.4 is 4.74 Å². The number of sulfone groups is 1. The molecule has 1 aromatic carbocycles. The number of rotatable bonds is 4. The van der Waals surface area contributed by atoms with E-state index in [-0.39, 0.29) is 16.4 Å². The Kier molecular flexibility index (Phi) is 4.08. The van der Waals surface area contributed by atoms with Crippen LogP contribution >= 0.6 is 0 Å². The summed E-state index contributed by atoms with van der Waals surface area (Å²) in [4.78, 5) is 0.101. The summed E-state index contributed by atoms with van der Waals surface area (Å²) >= 11 is 0. The summed E-state index contributed by atoms with van der Waals surface area (Å²) in [7, 11) is -3.97. The molecule has 1 aliphatic heterocycles. The number of hydrogen-bond acceptors (Lipinski definition) is 5. The summed E-state index contributed by atoms with van der Waals surface area (Å²) in [5.74, 6) is 0.362. The van der Waals surface area contributed by atoms with Crippen LogP contribution in [0.15, 0.2) is 29.2 Å². The van der Waals surface area contributed by atoms with Gasteiger partial charge in [-0.05, 0) is 18.6 Å². The molecule has 1 atom stereocenters. The lowest BCUT2D eigenvalue weighted by Crippen LogP contribution is -2.37. The number of benzene rings is 1. The molecule has 0 radical (unpaired) electrons. The van der Waals surface area contributed by atoms with E-state index in [1.165, 1.54) is 26.3 Å². The van der Waals surface area contributed by atoms with E-state index in [1.807, 2.05) is 0 Å². The molecule has 6 nitrogen and oxygen atoms in total. The van der Waals surface area contributed by atoms with E-state index in [0.29, 0.717) is 12.2 Å². The van der Waals surface area contributed by atoms with Crippen LogP contribution in [-0.2, 0) is 19.9 Å². The van der Waals surface area contributed by atoms with Crippen LogP contribution in [0.5, 0.6) is 5.75 Å². The van der Waals surface area contributed by atoms with Crippen molar-refractivity contribution in [1.82, 2.24) is 4.31 Å². The Morgan fingerprint density at radius 1 is 1.35 bits per heavy atom. The van der Waals surface area contributed by atoms with Gasteiger partial charge in [0.1, 0.15) is 5.75 Å². The highest BCUT2D eigenvalue weighted by Crippen LogP contribution is 2.25. The normalized spacial score (nSPS) is 22.1. The van der Waals surface area contributed by atoms with E-state index >= 15 is 0 Å². The van der Waals surface area contributed by atoms with Gasteiger partial charge in [0.15, 0.2) is 9.84 Å².